The van der Waals surface area contributed by atoms with Crippen molar-refractivity contribution in [3.05, 3.63) is 72.7 Å². The Hall–Kier alpha value is -5.06. The zero-order chi connectivity index (χ0) is 31.7. The minimum Gasteiger partial charge on any atom is -0.475 e. The van der Waals surface area contributed by atoms with E-state index >= 15 is 0 Å². The molecule has 1 unspecified atom stereocenters. The van der Waals surface area contributed by atoms with Crippen LogP contribution in [0.4, 0.5) is 37.8 Å². The van der Waals surface area contributed by atoms with Crippen LogP contribution in [0, 0.1) is 0 Å². The summed E-state index contributed by atoms with van der Waals surface area (Å²) in [6.45, 7) is -0.0875. The summed E-state index contributed by atoms with van der Waals surface area (Å²) < 4.78 is 63.5. The molecule has 0 saturated carbocycles. The zero-order valence-electron chi connectivity index (χ0n) is 21.1. The predicted octanol–water partition coefficient (Wildman–Crippen LogP) is 3.27. The van der Waals surface area contributed by atoms with E-state index in [9.17, 15) is 35.9 Å². The van der Waals surface area contributed by atoms with E-state index in [4.69, 9.17) is 25.5 Å². The number of carbonyl (C=O) groups excluding carboxylic acids is 2. The Balaban J connectivity index is 0.000000367. The number of benzene rings is 1. The lowest BCUT2D eigenvalue weighted by molar-refractivity contribution is -0.193. The van der Waals surface area contributed by atoms with Crippen molar-refractivity contribution in [2.24, 2.45) is 5.73 Å². The molecule has 224 valence electrons. The number of carbonyl (C=O) groups is 4. The fourth-order valence-corrected chi connectivity index (χ4v) is 3.21. The molecule has 42 heavy (non-hydrogen) atoms. The van der Waals surface area contributed by atoms with E-state index in [1.54, 1.807) is 18.6 Å². The van der Waals surface area contributed by atoms with E-state index in [0.717, 1.165) is 16.7 Å². The highest BCUT2D eigenvalue weighted by Crippen LogP contribution is 2.32. The summed E-state index contributed by atoms with van der Waals surface area (Å²) in [5.74, 6) is -5.76. The van der Waals surface area contributed by atoms with E-state index in [-0.39, 0.29) is 18.4 Å². The van der Waals surface area contributed by atoms with Crippen molar-refractivity contribution in [2.45, 2.75) is 24.8 Å². The second-order valence-electron chi connectivity index (χ2n) is 8.20. The minimum atomic E-state index is -5.08. The molecular formula is C25H21F6N5O6. The molecule has 0 bridgehead atoms. The van der Waals surface area contributed by atoms with Crippen molar-refractivity contribution < 1.29 is 55.7 Å². The van der Waals surface area contributed by atoms with E-state index < -0.39 is 30.3 Å². The van der Waals surface area contributed by atoms with Crippen LogP contribution in [0.3, 0.4) is 0 Å². The number of nitrogens with two attached hydrogens (primary N) is 1. The van der Waals surface area contributed by atoms with Gasteiger partial charge in [0.25, 0.3) is 0 Å². The summed E-state index contributed by atoms with van der Waals surface area (Å²) in [6.07, 6.45) is -4.73. The van der Waals surface area contributed by atoms with E-state index in [1.807, 2.05) is 48.5 Å². The van der Waals surface area contributed by atoms with Gasteiger partial charge in [-0.2, -0.15) is 26.3 Å². The number of halogens is 6. The van der Waals surface area contributed by atoms with Crippen LogP contribution in [0.15, 0.2) is 67.1 Å². The number of aromatic nitrogens is 2. The summed E-state index contributed by atoms with van der Waals surface area (Å²) in [6, 6.07) is 14.4. The number of aliphatic carboxylic acids is 2. The maximum Gasteiger partial charge on any atom is 0.490 e. The van der Waals surface area contributed by atoms with Gasteiger partial charge in [0.2, 0.25) is 11.8 Å². The van der Waals surface area contributed by atoms with Crippen LogP contribution in [0.25, 0.3) is 11.1 Å². The third-order valence-electron chi connectivity index (χ3n) is 5.10. The number of hydrogen-bond acceptors (Lipinski definition) is 7. The summed E-state index contributed by atoms with van der Waals surface area (Å²) in [4.78, 5) is 52.7. The molecule has 17 heteroatoms. The van der Waals surface area contributed by atoms with E-state index in [1.165, 1.54) is 4.90 Å². The van der Waals surface area contributed by atoms with Gasteiger partial charge >= 0.3 is 24.3 Å². The van der Waals surface area contributed by atoms with E-state index in [2.05, 4.69) is 15.3 Å². The van der Waals surface area contributed by atoms with Crippen molar-refractivity contribution in [1.29, 1.82) is 0 Å². The van der Waals surface area contributed by atoms with Gasteiger partial charge in [-0.1, -0.05) is 30.3 Å². The van der Waals surface area contributed by atoms with Gasteiger partial charge < -0.3 is 21.3 Å². The molecule has 1 aromatic carbocycles. The number of fused-ring (bicyclic) bond motifs is 1. The molecule has 1 aliphatic heterocycles. The lowest BCUT2D eigenvalue weighted by atomic mass is 10.0. The maximum atomic E-state index is 13.0. The van der Waals surface area contributed by atoms with E-state index in [0.29, 0.717) is 17.9 Å². The molecule has 0 saturated heterocycles. The number of pyridine rings is 2. The normalized spacial score (nSPS) is 13.2. The second kappa shape index (κ2) is 14.0. The number of anilines is 2. The lowest BCUT2D eigenvalue weighted by Crippen LogP contribution is -2.50. The van der Waals surface area contributed by atoms with Crippen molar-refractivity contribution in [3.8, 4) is 11.1 Å². The van der Waals surface area contributed by atoms with Crippen molar-refractivity contribution in [2.75, 3.05) is 16.8 Å². The molecule has 1 atom stereocenters. The molecule has 4 rings (SSSR count). The molecule has 3 heterocycles. The van der Waals surface area contributed by atoms with Gasteiger partial charge in [0, 0.05) is 24.2 Å². The number of hydrogen-bond donors (Lipinski definition) is 4. The highest BCUT2D eigenvalue weighted by atomic mass is 19.4. The van der Waals surface area contributed by atoms with Crippen LogP contribution < -0.4 is 16.0 Å². The molecule has 0 fully saturated rings. The molecule has 0 spiro atoms. The Labute approximate surface area is 232 Å². The Morgan fingerprint density at radius 3 is 1.95 bits per heavy atom. The smallest absolute Gasteiger partial charge is 0.475 e. The van der Waals surface area contributed by atoms with Gasteiger partial charge in [0.1, 0.15) is 6.54 Å². The zero-order valence-corrected chi connectivity index (χ0v) is 21.1. The topological polar surface area (TPSA) is 176 Å². The summed E-state index contributed by atoms with van der Waals surface area (Å²) in [5.41, 5.74) is 9.44. The first-order chi connectivity index (χ1) is 19.5. The fraction of sp³-hybridized carbons (Fsp3) is 0.200. The van der Waals surface area contributed by atoms with Crippen LogP contribution in [-0.2, 0) is 25.6 Å². The van der Waals surface area contributed by atoms with Crippen LogP contribution in [0.5, 0.6) is 0 Å². The Morgan fingerprint density at radius 2 is 1.45 bits per heavy atom. The van der Waals surface area contributed by atoms with Gasteiger partial charge in [0.05, 0.1) is 11.7 Å². The summed E-state index contributed by atoms with van der Waals surface area (Å²) >= 11 is 0. The summed E-state index contributed by atoms with van der Waals surface area (Å²) in [7, 11) is 0. The van der Waals surface area contributed by atoms with Crippen molar-refractivity contribution in [1.82, 2.24) is 9.97 Å². The first kappa shape index (κ1) is 33.1. The van der Waals surface area contributed by atoms with Gasteiger partial charge in [0.15, 0.2) is 5.82 Å². The number of nitrogens with one attached hydrogen (secondary N) is 1. The van der Waals surface area contributed by atoms with Gasteiger partial charge in [-0.25, -0.2) is 14.6 Å². The van der Waals surface area contributed by atoms with Crippen LogP contribution in [0.2, 0.25) is 0 Å². The quantitative estimate of drug-likeness (QED) is 0.327. The third-order valence-corrected chi connectivity index (χ3v) is 5.10. The standard InChI is InChI=1S/C21H19N5O2.2C2HF3O2/c22-17(10-14-4-2-1-3-5-14)21(28)26-13-19(27)25-20-18(26)11-16(12-24-20)15-6-8-23-9-7-15;2*3-2(4,5)1(6)7/h1-9,11-12,17H,10,13,22H2,(H,24,25,27);2*(H,6,7). The fourth-order valence-electron chi connectivity index (χ4n) is 3.21. The number of carboxylic acids is 2. The largest absolute Gasteiger partial charge is 0.490 e. The third kappa shape index (κ3) is 9.84. The lowest BCUT2D eigenvalue weighted by Gasteiger charge is -2.30. The molecule has 1 aliphatic rings. The maximum absolute atomic E-state index is 13.0. The number of nitrogens with zero attached hydrogens (tertiary/aromatic N) is 3. The summed E-state index contributed by atoms with van der Waals surface area (Å²) in [5, 5.41) is 17.0. The van der Waals surface area contributed by atoms with Gasteiger partial charge in [-0.3, -0.25) is 19.5 Å². The molecular weight excluding hydrogens is 580 g/mol. The molecule has 5 N–H and O–H groups in total. The SMILES string of the molecule is NC(Cc1ccccc1)C(=O)N1CC(=O)Nc2ncc(-c3ccncc3)cc21.O=C(O)C(F)(F)F.O=C(O)C(F)(F)F. The molecule has 0 radical (unpaired) electrons. The first-order valence-electron chi connectivity index (χ1n) is 11.4. The number of amides is 2. The predicted molar refractivity (Wildman–Crippen MR) is 134 cm³/mol. The monoisotopic (exact) mass is 601 g/mol. The molecule has 11 nitrogen and oxygen atoms in total. The first-order valence-corrected chi connectivity index (χ1v) is 11.4. The Kier molecular flexibility index (Phi) is 11.1. The van der Waals surface area contributed by atoms with Crippen LogP contribution >= 0.6 is 0 Å². The average molecular weight is 601 g/mol. The highest BCUT2D eigenvalue weighted by Gasteiger charge is 2.39. The molecule has 2 aromatic heterocycles. The van der Waals surface area contributed by atoms with Gasteiger partial charge in [-0.05, 0) is 35.7 Å². The van der Waals surface area contributed by atoms with Crippen molar-refractivity contribution in [3.63, 3.8) is 0 Å². The van der Waals surface area contributed by atoms with Gasteiger partial charge in [-0.15, -0.1) is 0 Å². The number of rotatable bonds is 4. The Bertz CT molecular complexity index is 1380. The highest BCUT2D eigenvalue weighted by molar-refractivity contribution is 6.10. The minimum absolute atomic E-state index is 0.0875. The van der Waals surface area contributed by atoms with Crippen LogP contribution in [-0.4, -0.2) is 68.9 Å². The number of alkyl halides is 6. The number of carboxylic acid groups (broad SMARTS) is 2. The molecule has 2 amide bonds. The molecule has 3 aromatic rings. The second-order valence-corrected chi connectivity index (χ2v) is 8.20. The Morgan fingerprint density at radius 1 is 0.929 bits per heavy atom. The average Bonchev–Trinajstić information content (AvgIpc) is 2.92. The molecule has 0 aliphatic carbocycles. The van der Waals surface area contributed by atoms with Crippen molar-refractivity contribution >= 4 is 35.3 Å². The van der Waals surface area contributed by atoms with Crippen LogP contribution in [0.1, 0.15) is 5.56 Å².